The van der Waals surface area contributed by atoms with Crippen LogP contribution < -0.4 is 0 Å². The maximum absolute atomic E-state index is 5.32. The van der Waals surface area contributed by atoms with Crippen molar-refractivity contribution in [1.29, 1.82) is 0 Å². The van der Waals surface area contributed by atoms with Gasteiger partial charge >= 0.3 is 0 Å². The molecule has 0 saturated carbocycles. The summed E-state index contributed by atoms with van der Waals surface area (Å²) >= 11 is 6.93. The monoisotopic (exact) mass is 180 g/mol. The Hall–Kier alpha value is -0.890. The van der Waals surface area contributed by atoms with Gasteiger partial charge in [0, 0.05) is 0 Å². The summed E-state index contributed by atoms with van der Waals surface area (Å²) < 4.78 is 0. The number of halogens is 1. The molecule has 0 spiro atoms. The molecule has 2 heteroatoms. The van der Waals surface area contributed by atoms with E-state index in [0.29, 0.717) is 5.88 Å². The van der Waals surface area contributed by atoms with E-state index in [9.17, 15) is 0 Å². The molecule has 1 rings (SSSR count). The highest BCUT2D eigenvalue weighted by molar-refractivity contribution is 7.10. The molecule has 0 aliphatic carbocycles. The average Bonchev–Trinajstić information content (AvgIpc) is 2.50. The van der Waals surface area contributed by atoms with Gasteiger partial charge in [-0.25, -0.2) is 0 Å². The van der Waals surface area contributed by atoms with Gasteiger partial charge in [-0.15, -0.1) is 22.9 Å². The second-order valence-electron chi connectivity index (χ2n) is 1.66. The molecule has 0 N–H and O–H groups in total. The molecule has 11 heavy (non-hydrogen) atoms. The molecular formula is C9H5ClS. The molecule has 0 bridgehead atoms. The Morgan fingerprint density at radius 1 is 1.45 bits per heavy atom. The topological polar surface area (TPSA) is 0 Å². The highest BCUT2D eigenvalue weighted by atomic mass is 35.5. The van der Waals surface area contributed by atoms with Crippen LogP contribution in [0.15, 0.2) is 17.5 Å². The molecule has 0 saturated heterocycles. The molecule has 0 unspecified atom stereocenters. The molecule has 1 aromatic rings. The molecule has 54 valence electrons. The normalized spacial score (nSPS) is 7.36. The summed E-state index contributed by atoms with van der Waals surface area (Å²) in [6.07, 6.45) is 0. The Morgan fingerprint density at radius 2 is 2.36 bits per heavy atom. The van der Waals surface area contributed by atoms with Gasteiger partial charge in [-0.2, -0.15) is 0 Å². The first-order chi connectivity index (χ1) is 5.43. The average molecular weight is 181 g/mol. The van der Waals surface area contributed by atoms with Crippen LogP contribution in [0, 0.1) is 23.7 Å². The minimum absolute atomic E-state index is 0.346. The number of rotatable bonds is 0. The predicted molar refractivity (Wildman–Crippen MR) is 49.7 cm³/mol. The van der Waals surface area contributed by atoms with Crippen molar-refractivity contribution in [1.82, 2.24) is 0 Å². The molecule has 0 aliphatic rings. The molecule has 1 heterocycles. The summed E-state index contributed by atoms with van der Waals surface area (Å²) in [5.74, 6) is 11.2. The van der Waals surface area contributed by atoms with Crippen LogP contribution in [0.1, 0.15) is 4.88 Å². The van der Waals surface area contributed by atoms with Crippen molar-refractivity contribution in [3.63, 3.8) is 0 Å². The zero-order valence-corrected chi connectivity index (χ0v) is 7.30. The molecule has 1 aromatic heterocycles. The zero-order valence-electron chi connectivity index (χ0n) is 5.73. The van der Waals surface area contributed by atoms with Crippen LogP contribution in [0.4, 0.5) is 0 Å². The van der Waals surface area contributed by atoms with Gasteiger partial charge < -0.3 is 0 Å². The van der Waals surface area contributed by atoms with Crippen molar-refractivity contribution in [2.75, 3.05) is 5.88 Å². The lowest BCUT2D eigenvalue weighted by Crippen LogP contribution is -1.60. The van der Waals surface area contributed by atoms with Gasteiger partial charge in [-0.3, -0.25) is 0 Å². The maximum Gasteiger partial charge on any atom is 0.0845 e. The first-order valence-electron chi connectivity index (χ1n) is 3.02. The van der Waals surface area contributed by atoms with Crippen LogP contribution in [0.25, 0.3) is 0 Å². The van der Waals surface area contributed by atoms with Crippen molar-refractivity contribution in [2.45, 2.75) is 0 Å². The van der Waals surface area contributed by atoms with E-state index >= 15 is 0 Å². The summed E-state index contributed by atoms with van der Waals surface area (Å²) in [5, 5.41) is 1.99. The van der Waals surface area contributed by atoms with E-state index in [0.717, 1.165) is 4.88 Å². The van der Waals surface area contributed by atoms with E-state index in [1.54, 1.807) is 11.3 Å². The highest BCUT2D eigenvalue weighted by Crippen LogP contribution is 2.04. The summed E-state index contributed by atoms with van der Waals surface area (Å²) in [4.78, 5) is 1.04. The first-order valence-corrected chi connectivity index (χ1v) is 4.43. The van der Waals surface area contributed by atoms with Crippen LogP contribution in [-0.2, 0) is 0 Å². The lowest BCUT2D eigenvalue weighted by Gasteiger charge is -1.70. The van der Waals surface area contributed by atoms with E-state index in [2.05, 4.69) is 23.7 Å². The van der Waals surface area contributed by atoms with Gasteiger partial charge in [0.15, 0.2) is 0 Å². The summed E-state index contributed by atoms with van der Waals surface area (Å²) in [6, 6.07) is 3.92. The minimum Gasteiger partial charge on any atom is -0.135 e. The molecule has 0 aliphatic heterocycles. The number of thiophene rings is 1. The fourth-order valence-corrected chi connectivity index (χ4v) is 1.16. The molecule has 0 nitrogen and oxygen atoms in total. The van der Waals surface area contributed by atoms with E-state index in [-0.39, 0.29) is 0 Å². The zero-order chi connectivity index (χ0) is 7.94. The lowest BCUT2D eigenvalue weighted by molar-refractivity contribution is 1.91. The van der Waals surface area contributed by atoms with E-state index < -0.39 is 0 Å². The van der Waals surface area contributed by atoms with Crippen LogP contribution in [0.3, 0.4) is 0 Å². The smallest absolute Gasteiger partial charge is 0.0845 e. The van der Waals surface area contributed by atoms with Gasteiger partial charge in [0.2, 0.25) is 0 Å². The minimum atomic E-state index is 0.346. The molecular weight excluding hydrogens is 176 g/mol. The third-order valence-electron chi connectivity index (χ3n) is 0.925. The maximum atomic E-state index is 5.32. The Bertz CT molecular complexity index is 316. The number of hydrogen-bond donors (Lipinski definition) is 0. The molecule has 0 atom stereocenters. The molecule has 0 fully saturated rings. The lowest BCUT2D eigenvalue weighted by atomic mass is 10.4. The summed E-state index contributed by atoms with van der Waals surface area (Å²) in [5.41, 5.74) is 0. The Morgan fingerprint density at radius 3 is 3.00 bits per heavy atom. The first kappa shape index (κ1) is 8.21. The van der Waals surface area contributed by atoms with E-state index in [4.69, 9.17) is 11.6 Å². The second kappa shape index (κ2) is 4.85. The highest BCUT2D eigenvalue weighted by Gasteiger charge is 1.81. The Labute approximate surface area is 75.2 Å². The van der Waals surface area contributed by atoms with Crippen LogP contribution in [0.5, 0.6) is 0 Å². The fraction of sp³-hybridized carbons (Fsp3) is 0.111. The van der Waals surface area contributed by atoms with Crippen molar-refractivity contribution in [3.8, 4) is 23.7 Å². The Balaban J connectivity index is 2.59. The second-order valence-corrected chi connectivity index (χ2v) is 2.88. The van der Waals surface area contributed by atoms with Crippen LogP contribution in [0.2, 0.25) is 0 Å². The van der Waals surface area contributed by atoms with Gasteiger partial charge in [0.1, 0.15) is 0 Å². The summed E-state index contributed by atoms with van der Waals surface area (Å²) in [6.45, 7) is 0. The van der Waals surface area contributed by atoms with Gasteiger partial charge in [0.05, 0.1) is 10.8 Å². The van der Waals surface area contributed by atoms with Crippen LogP contribution in [-0.4, -0.2) is 5.88 Å². The van der Waals surface area contributed by atoms with Gasteiger partial charge in [-0.1, -0.05) is 12.0 Å². The van der Waals surface area contributed by atoms with Crippen LogP contribution >= 0.6 is 22.9 Å². The number of hydrogen-bond acceptors (Lipinski definition) is 1. The fourth-order valence-electron chi connectivity index (χ4n) is 0.520. The quantitative estimate of drug-likeness (QED) is 0.425. The molecule has 0 amide bonds. The van der Waals surface area contributed by atoms with Crippen molar-refractivity contribution < 1.29 is 0 Å². The van der Waals surface area contributed by atoms with Crippen molar-refractivity contribution >= 4 is 22.9 Å². The number of alkyl halides is 1. The molecule has 0 radical (unpaired) electrons. The Kier molecular flexibility index (Phi) is 3.62. The standard InChI is InChI=1S/C9H5ClS/c10-7-3-1-2-5-9-6-4-8-11-9/h4,6,8H,7H2. The predicted octanol–water partition coefficient (Wildman–Crippen LogP) is 2.34. The third-order valence-corrected chi connectivity index (χ3v) is 1.84. The van der Waals surface area contributed by atoms with E-state index in [1.165, 1.54) is 0 Å². The SMILES string of the molecule is ClCC#CC#Cc1cccs1. The third kappa shape index (κ3) is 3.14. The molecule has 0 aromatic carbocycles. The van der Waals surface area contributed by atoms with Gasteiger partial charge in [0.25, 0.3) is 0 Å². The summed E-state index contributed by atoms with van der Waals surface area (Å²) in [7, 11) is 0. The largest absolute Gasteiger partial charge is 0.135 e. The van der Waals surface area contributed by atoms with E-state index in [1.807, 2.05) is 17.5 Å². The van der Waals surface area contributed by atoms with Crippen molar-refractivity contribution in [3.05, 3.63) is 22.4 Å². The van der Waals surface area contributed by atoms with Crippen molar-refractivity contribution in [2.24, 2.45) is 0 Å². The van der Waals surface area contributed by atoms with Gasteiger partial charge in [-0.05, 0) is 29.2 Å².